The maximum Gasteiger partial charge on any atom is 0.223 e. The molecule has 2 aliphatic rings. The van der Waals surface area contributed by atoms with Gasteiger partial charge in [0.25, 0.3) is 0 Å². The minimum atomic E-state index is 0.140. The van der Waals surface area contributed by atoms with Crippen LogP contribution in [0.3, 0.4) is 0 Å². The van der Waals surface area contributed by atoms with Crippen LogP contribution in [-0.2, 0) is 4.79 Å². The van der Waals surface area contributed by atoms with E-state index in [-0.39, 0.29) is 17.9 Å². The number of rotatable bonds is 4. The molecule has 4 heteroatoms. The number of benzene rings is 2. The first kappa shape index (κ1) is 17.0. The molecule has 0 radical (unpaired) electrons. The van der Waals surface area contributed by atoms with Gasteiger partial charge in [-0.2, -0.15) is 0 Å². The van der Waals surface area contributed by atoms with Crippen molar-refractivity contribution in [2.75, 3.05) is 19.8 Å². The van der Waals surface area contributed by atoms with Gasteiger partial charge in [0.15, 0.2) is 11.5 Å². The van der Waals surface area contributed by atoms with E-state index in [1.165, 1.54) is 5.56 Å². The molecule has 0 N–H and O–H groups in total. The van der Waals surface area contributed by atoms with E-state index in [1.807, 2.05) is 35.2 Å². The van der Waals surface area contributed by atoms with Crippen LogP contribution >= 0.6 is 0 Å². The second kappa shape index (κ2) is 7.40. The smallest absolute Gasteiger partial charge is 0.223 e. The van der Waals surface area contributed by atoms with Gasteiger partial charge in [0.05, 0.1) is 6.04 Å². The second-order valence-corrected chi connectivity index (χ2v) is 7.16. The molecule has 0 spiro atoms. The summed E-state index contributed by atoms with van der Waals surface area (Å²) in [5, 5.41) is 0. The first-order valence-electron chi connectivity index (χ1n) is 9.46. The first-order valence-corrected chi connectivity index (χ1v) is 9.46. The monoisotopic (exact) mass is 351 g/mol. The zero-order valence-corrected chi connectivity index (χ0v) is 15.2. The topological polar surface area (TPSA) is 38.8 Å². The van der Waals surface area contributed by atoms with Crippen LogP contribution in [0.4, 0.5) is 0 Å². The molecule has 2 aromatic carbocycles. The highest BCUT2D eigenvalue weighted by Gasteiger charge is 2.31. The molecular weight excluding hydrogens is 326 g/mol. The van der Waals surface area contributed by atoms with Crippen LogP contribution in [0.2, 0.25) is 0 Å². The Hall–Kier alpha value is -2.49. The van der Waals surface area contributed by atoms with E-state index < -0.39 is 0 Å². The summed E-state index contributed by atoms with van der Waals surface area (Å²) in [4.78, 5) is 15.0. The van der Waals surface area contributed by atoms with Crippen LogP contribution in [0.1, 0.15) is 49.3 Å². The Morgan fingerprint density at radius 2 is 1.88 bits per heavy atom. The van der Waals surface area contributed by atoms with Gasteiger partial charge < -0.3 is 14.4 Å². The zero-order valence-electron chi connectivity index (χ0n) is 15.2. The van der Waals surface area contributed by atoms with Crippen LogP contribution < -0.4 is 9.47 Å². The largest absolute Gasteiger partial charge is 0.486 e. The fourth-order valence-corrected chi connectivity index (χ4v) is 3.96. The fraction of sp³-hybridized carbons (Fsp3) is 0.409. The Bertz CT molecular complexity index is 774. The van der Waals surface area contributed by atoms with Gasteiger partial charge in [0.1, 0.15) is 13.2 Å². The highest BCUT2D eigenvalue weighted by atomic mass is 16.6. The SMILES string of the molecule is CC(CC(=O)N1CCCC1c1ccc2c(c1)OCCO2)c1ccccc1. The molecular formula is C22H25NO3. The summed E-state index contributed by atoms with van der Waals surface area (Å²) in [6, 6.07) is 16.5. The molecule has 2 unspecified atom stereocenters. The van der Waals surface area contributed by atoms with Gasteiger partial charge in [0, 0.05) is 13.0 Å². The lowest BCUT2D eigenvalue weighted by atomic mass is 9.96. The number of likely N-dealkylation sites (tertiary alicyclic amines) is 1. The van der Waals surface area contributed by atoms with Crippen molar-refractivity contribution in [3.63, 3.8) is 0 Å². The third-order valence-electron chi connectivity index (χ3n) is 5.37. The number of hydrogen-bond acceptors (Lipinski definition) is 3. The fourth-order valence-electron chi connectivity index (χ4n) is 3.96. The number of ether oxygens (including phenoxy) is 2. The molecule has 0 aromatic heterocycles. The molecule has 1 amide bonds. The standard InChI is InChI=1S/C22H25NO3/c1-16(17-6-3-2-4-7-17)14-22(24)23-11-5-8-19(23)18-9-10-20-21(15-18)26-13-12-25-20/h2-4,6-7,9-10,15-16,19H,5,8,11-14H2,1H3. The molecule has 2 heterocycles. The molecule has 1 fully saturated rings. The average molecular weight is 351 g/mol. The van der Waals surface area contributed by atoms with Crippen molar-refractivity contribution in [1.82, 2.24) is 4.90 Å². The molecule has 0 aliphatic carbocycles. The second-order valence-electron chi connectivity index (χ2n) is 7.16. The molecule has 4 rings (SSSR count). The maximum absolute atomic E-state index is 13.0. The summed E-state index contributed by atoms with van der Waals surface area (Å²) in [7, 11) is 0. The van der Waals surface area contributed by atoms with Crippen LogP contribution in [0.5, 0.6) is 11.5 Å². The van der Waals surface area contributed by atoms with Gasteiger partial charge in [-0.25, -0.2) is 0 Å². The third-order valence-corrected chi connectivity index (χ3v) is 5.37. The normalized spacial score (nSPS) is 20.0. The van der Waals surface area contributed by atoms with Crippen molar-refractivity contribution in [3.8, 4) is 11.5 Å². The van der Waals surface area contributed by atoms with Gasteiger partial charge >= 0.3 is 0 Å². The number of fused-ring (bicyclic) bond motifs is 1. The Morgan fingerprint density at radius 1 is 1.12 bits per heavy atom. The number of nitrogens with zero attached hydrogens (tertiary/aromatic N) is 1. The number of amides is 1. The summed E-state index contributed by atoms with van der Waals surface area (Å²) in [6.45, 7) is 4.14. The molecule has 26 heavy (non-hydrogen) atoms. The van der Waals surface area contributed by atoms with E-state index in [1.54, 1.807) is 0 Å². The van der Waals surface area contributed by atoms with Gasteiger partial charge in [-0.1, -0.05) is 43.3 Å². The Balaban J connectivity index is 1.48. The summed E-state index contributed by atoms with van der Waals surface area (Å²) >= 11 is 0. The molecule has 0 bridgehead atoms. The number of carbonyl (C=O) groups excluding carboxylic acids is 1. The Labute approximate surface area is 154 Å². The predicted octanol–water partition coefficient (Wildman–Crippen LogP) is 4.32. The zero-order chi connectivity index (χ0) is 17.9. The average Bonchev–Trinajstić information content (AvgIpc) is 3.18. The summed E-state index contributed by atoms with van der Waals surface area (Å²) < 4.78 is 11.3. The summed E-state index contributed by atoms with van der Waals surface area (Å²) in [5.41, 5.74) is 2.36. The lowest BCUT2D eigenvalue weighted by Gasteiger charge is -2.28. The third kappa shape index (κ3) is 3.41. The minimum absolute atomic E-state index is 0.140. The number of carbonyl (C=O) groups is 1. The lowest BCUT2D eigenvalue weighted by molar-refractivity contribution is -0.132. The highest BCUT2D eigenvalue weighted by Crippen LogP contribution is 2.38. The molecule has 2 aromatic rings. The Morgan fingerprint density at radius 3 is 2.69 bits per heavy atom. The maximum atomic E-state index is 13.0. The van der Waals surface area contributed by atoms with E-state index in [0.717, 1.165) is 36.4 Å². The molecule has 2 aliphatic heterocycles. The van der Waals surface area contributed by atoms with Crippen LogP contribution in [-0.4, -0.2) is 30.6 Å². The molecule has 2 atom stereocenters. The van der Waals surface area contributed by atoms with Gasteiger partial charge in [-0.05, 0) is 42.0 Å². The van der Waals surface area contributed by atoms with E-state index in [9.17, 15) is 4.79 Å². The molecule has 1 saturated heterocycles. The van der Waals surface area contributed by atoms with Gasteiger partial charge in [-0.3, -0.25) is 4.79 Å². The van der Waals surface area contributed by atoms with Gasteiger partial charge in [-0.15, -0.1) is 0 Å². The van der Waals surface area contributed by atoms with E-state index in [0.29, 0.717) is 19.6 Å². The molecule has 4 nitrogen and oxygen atoms in total. The number of hydrogen-bond donors (Lipinski definition) is 0. The van der Waals surface area contributed by atoms with E-state index in [4.69, 9.17) is 9.47 Å². The quantitative estimate of drug-likeness (QED) is 0.824. The van der Waals surface area contributed by atoms with Crippen molar-refractivity contribution in [2.24, 2.45) is 0 Å². The van der Waals surface area contributed by atoms with Crippen molar-refractivity contribution < 1.29 is 14.3 Å². The van der Waals surface area contributed by atoms with Crippen LogP contribution in [0.15, 0.2) is 48.5 Å². The summed E-state index contributed by atoms with van der Waals surface area (Å²) in [6.07, 6.45) is 2.60. The lowest BCUT2D eigenvalue weighted by Crippen LogP contribution is -2.31. The van der Waals surface area contributed by atoms with Crippen LogP contribution in [0.25, 0.3) is 0 Å². The van der Waals surface area contributed by atoms with Crippen molar-refractivity contribution in [2.45, 2.75) is 38.1 Å². The summed E-state index contributed by atoms with van der Waals surface area (Å²) in [5.74, 6) is 2.06. The molecule has 0 saturated carbocycles. The minimum Gasteiger partial charge on any atom is -0.486 e. The predicted molar refractivity (Wildman–Crippen MR) is 101 cm³/mol. The van der Waals surface area contributed by atoms with Crippen LogP contribution in [0, 0.1) is 0 Å². The van der Waals surface area contributed by atoms with Crippen molar-refractivity contribution in [1.29, 1.82) is 0 Å². The van der Waals surface area contributed by atoms with E-state index in [2.05, 4.69) is 25.1 Å². The highest BCUT2D eigenvalue weighted by molar-refractivity contribution is 5.78. The van der Waals surface area contributed by atoms with Crippen molar-refractivity contribution >= 4 is 5.91 Å². The van der Waals surface area contributed by atoms with Crippen molar-refractivity contribution in [3.05, 3.63) is 59.7 Å². The van der Waals surface area contributed by atoms with Gasteiger partial charge in [0.2, 0.25) is 5.91 Å². The molecule has 136 valence electrons. The van der Waals surface area contributed by atoms with E-state index >= 15 is 0 Å². The Kier molecular flexibility index (Phi) is 4.83. The first-order chi connectivity index (χ1) is 12.7.